The van der Waals surface area contributed by atoms with Crippen molar-refractivity contribution in [1.29, 1.82) is 0 Å². The first-order valence-corrected chi connectivity index (χ1v) is 5.98. The summed E-state index contributed by atoms with van der Waals surface area (Å²) < 4.78 is 1.07. The zero-order chi connectivity index (χ0) is 14.7. The van der Waals surface area contributed by atoms with Crippen molar-refractivity contribution in [1.82, 2.24) is 9.55 Å². The predicted molar refractivity (Wildman–Crippen MR) is 75.8 cm³/mol. The summed E-state index contributed by atoms with van der Waals surface area (Å²) in [4.78, 5) is 36.2. The molecule has 1 amide bonds. The molecule has 0 saturated heterocycles. The van der Waals surface area contributed by atoms with Gasteiger partial charge >= 0.3 is 5.69 Å². The zero-order valence-corrected chi connectivity index (χ0v) is 11.0. The number of carbonyl (C=O) groups is 1. The number of rotatable bonds is 3. The van der Waals surface area contributed by atoms with E-state index in [9.17, 15) is 14.4 Å². The van der Waals surface area contributed by atoms with Gasteiger partial charge in [-0.15, -0.1) is 0 Å². The number of amides is 1. The average molecular weight is 295 g/mol. The fourth-order valence-electron chi connectivity index (χ4n) is 1.55. The minimum atomic E-state index is -0.656. The van der Waals surface area contributed by atoms with E-state index >= 15 is 0 Å². The van der Waals surface area contributed by atoms with Crippen LogP contribution < -0.4 is 22.3 Å². The number of hydrogen-bond donors (Lipinski definition) is 3. The van der Waals surface area contributed by atoms with E-state index in [0.717, 1.165) is 10.6 Å². The highest BCUT2D eigenvalue weighted by molar-refractivity contribution is 6.34. The second kappa shape index (κ2) is 5.62. The molecule has 0 saturated carbocycles. The van der Waals surface area contributed by atoms with Gasteiger partial charge in [0.05, 0.1) is 10.7 Å². The number of aromatic nitrogens is 2. The van der Waals surface area contributed by atoms with Crippen molar-refractivity contribution in [3.63, 3.8) is 0 Å². The lowest BCUT2D eigenvalue weighted by atomic mass is 10.3. The lowest BCUT2D eigenvalue weighted by Gasteiger charge is -2.08. The summed E-state index contributed by atoms with van der Waals surface area (Å²) in [6, 6.07) is 5.81. The maximum absolute atomic E-state index is 11.8. The zero-order valence-electron chi connectivity index (χ0n) is 10.2. The molecule has 0 aliphatic carbocycles. The van der Waals surface area contributed by atoms with Crippen LogP contribution in [0, 0.1) is 0 Å². The quantitative estimate of drug-likeness (QED) is 0.712. The molecule has 1 aromatic heterocycles. The minimum Gasteiger partial charge on any atom is -0.399 e. The molecule has 1 aromatic carbocycles. The smallest absolute Gasteiger partial charge is 0.328 e. The number of anilines is 2. The molecule has 0 radical (unpaired) electrons. The molecule has 1 heterocycles. The summed E-state index contributed by atoms with van der Waals surface area (Å²) in [5.74, 6) is -0.453. The molecule has 20 heavy (non-hydrogen) atoms. The van der Waals surface area contributed by atoms with Crippen LogP contribution in [0.5, 0.6) is 0 Å². The largest absolute Gasteiger partial charge is 0.399 e. The highest BCUT2D eigenvalue weighted by atomic mass is 35.5. The molecular weight excluding hydrogens is 284 g/mol. The number of nitrogen functional groups attached to an aromatic ring is 1. The molecule has 7 nitrogen and oxygen atoms in total. The number of nitrogens with two attached hydrogens (primary N) is 1. The van der Waals surface area contributed by atoms with E-state index in [2.05, 4.69) is 10.3 Å². The molecular formula is C12H11ClN4O3. The Morgan fingerprint density at radius 2 is 2.10 bits per heavy atom. The van der Waals surface area contributed by atoms with Crippen molar-refractivity contribution in [2.45, 2.75) is 6.54 Å². The first-order chi connectivity index (χ1) is 9.45. The second-order valence-corrected chi connectivity index (χ2v) is 4.43. The molecule has 0 unspecified atom stereocenters. The van der Waals surface area contributed by atoms with Crippen LogP contribution in [0.1, 0.15) is 0 Å². The molecule has 8 heteroatoms. The maximum atomic E-state index is 11.8. The van der Waals surface area contributed by atoms with E-state index < -0.39 is 17.2 Å². The van der Waals surface area contributed by atoms with E-state index in [4.69, 9.17) is 17.3 Å². The van der Waals surface area contributed by atoms with Gasteiger partial charge in [0, 0.05) is 18.0 Å². The van der Waals surface area contributed by atoms with E-state index in [1.165, 1.54) is 12.3 Å². The number of nitrogens with one attached hydrogen (secondary N) is 2. The maximum Gasteiger partial charge on any atom is 0.328 e. The molecule has 0 fully saturated rings. The van der Waals surface area contributed by atoms with Gasteiger partial charge in [-0.05, 0) is 18.2 Å². The van der Waals surface area contributed by atoms with Crippen molar-refractivity contribution in [3.8, 4) is 0 Å². The monoisotopic (exact) mass is 294 g/mol. The Bertz CT molecular complexity index is 766. The van der Waals surface area contributed by atoms with Crippen molar-refractivity contribution in [2.24, 2.45) is 0 Å². The summed E-state index contributed by atoms with van der Waals surface area (Å²) >= 11 is 5.92. The van der Waals surface area contributed by atoms with Crippen molar-refractivity contribution in [2.75, 3.05) is 11.1 Å². The van der Waals surface area contributed by atoms with Crippen molar-refractivity contribution in [3.05, 3.63) is 56.3 Å². The molecule has 4 N–H and O–H groups in total. The summed E-state index contributed by atoms with van der Waals surface area (Å²) in [7, 11) is 0. The van der Waals surface area contributed by atoms with Crippen LogP contribution in [0.3, 0.4) is 0 Å². The molecule has 0 aliphatic rings. The predicted octanol–water partition coefficient (Wildman–Crippen LogP) is 0.411. The number of aromatic amines is 1. The van der Waals surface area contributed by atoms with E-state index in [1.807, 2.05) is 0 Å². The highest BCUT2D eigenvalue weighted by Gasteiger charge is 2.08. The van der Waals surface area contributed by atoms with Gasteiger partial charge in [0.15, 0.2) is 0 Å². The third-order valence-electron chi connectivity index (χ3n) is 2.48. The number of hydrogen-bond acceptors (Lipinski definition) is 4. The minimum absolute atomic E-state index is 0.240. The highest BCUT2D eigenvalue weighted by Crippen LogP contribution is 2.23. The topological polar surface area (TPSA) is 110 Å². The van der Waals surface area contributed by atoms with Gasteiger partial charge in [0.1, 0.15) is 6.54 Å². The van der Waals surface area contributed by atoms with Crippen LogP contribution >= 0.6 is 11.6 Å². The Balaban J connectivity index is 2.13. The Kier molecular flexibility index (Phi) is 3.90. The van der Waals surface area contributed by atoms with Crippen LogP contribution in [-0.2, 0) is 11.3 Å². The van der Waals surface area contributed by atoms with Crippen LogP contribution in [-0.4, -0.2) is 15.5 Å². The van der Waals surface area contributed by atoms with Crippen molar-refractivity contribution >= 4 is 28.9 Å². The number of nitrogens with zero attached hydrogens (tertiary/aromatic N) is 1. The normalized spacial score (nSPS) is 10.2. The summed E-state index contributed by atoms with van der Waals surface area (Å²) in [5.41, 5.74) is 5.23. The Morgan fingerprint density at radius 1 is 1.35 bits per heavy atom. The van der Waals surface area contributed by atoms with Crippen LogP contribution in [0.15, 0.2) is 40.1 Å². The molecule has 2 aromatic rings. The first-order valence-electron chi connectivity index (χ1n) is 5.60. The van der Waals surface area contributed by atoms with E-state index in [0.29, 0.717) is 16.4 Å². The van der Waals surface area contributed by atoms with Gasteiger partial charge < -0.3 is 11.1 Å². The second-order valence-electron chi connectivity index (χ2n) is 4.03. The molecule has 0 spiro atoms. The number of carbonyl (C=O) groups excluding carboxylic acids is 1. The molecule has 0 aliphatic heterocycles. The van der Waals surface area contributed by atoms with E-state index in [-0.39, 0.29) is 6.54 Å². The Morgan fingerprint density at radius 3 is 2.75 bits per heavy atom. The van der Waals surface area contributed by atoms with Crippen LogP contribution in [0.4, 0.5) is 11.4 Å². The van der Waals surface area contributed by atoms with Gasteiger partial charge in [-0.3, -0.25) is 19.1 Å². The number of benzene rings is 1. The molecule has 104 valence electrons. The fraction of sp³-hybridized carbons (Fsp3) is 0.0833. The third-order valence-corrected chi connectivity index (χ3v) is 2.79. The van der Waals surface area contributed by atoms with Crippen LogP contribution in [0.25, 0.3) is 0 Å². The molecule has 0 atom stereocenters. The average Bonchev–Trinajstić information content (AvgIpc) is 2.36. The Hall–Kier alpha value is -2.54. The van der Waals surface area contributed by atoms with Gasteiger partial charge in [-0.25, -0.2) is 4.79 Å². The summed E-state index contributed by atoms with van der Waals surface area (Å²) in [6.07, 6.45) is 1.24. The molecule has 0 bridgehead atoms. The van der Waals surface area contributed by atoms with Gasteiger partial charge in [0.2, 0.25) is 5.91 Å². The first kappa shape index (κ1) is 13.9. The van der Waals surface area contributed by atoms with Gasteiger partial charge in [-0.1, -0.05) is 11.6 Å². The standard InChI is InChI=1S/C12H11ClN4O3/c13-8-5-7(14)1-2-9(8)15-11(19)6-17-4-3-10(18)16-12(17)20/h1-5H,6,14H2,(H,15,19)(H,16,18,20). The van der Waals surface area contributed by atoms with Crippen LogP contribution in [0.2, 0.25) is 5.02 Å². The SMILES string of the molecule is Nc1ccc(NC(=O)Cn2ccc(=O)[nH]c2=O)c(Cl)c1. The van der Waals surface area contributed by atoms with E-state index in [1.54, 1.807) is 12.1 Å². The lowest BCUT2D eigenvalue weighted by Crippen LogP contribution is -2.32. The summed E-state index contributed by atoms with van der Waals surface area (Å²) in [5, 5.41) is 2.85. The number of H-pyrrole nitrogens is 1. The fourth-order valence-corrected chi connectivity index (χ4v) is 1.78. The molecule has 2 rings (SSSR count). The third kappa shape index (κ3) is 3.27. The summed E-state index contributed by atoms with van der Waals surface area (Å²) in [6.45, 7) is -0.240. The van der Waals surface area contributed by atoms with Gasteiger partial charge in [0.25, 0.3) is 5.56 Å². The lowest BCUT2D eigenvalue weighted by molar-refractivity contribution is -0.116. The van der Waals surface area contributed by atoms with Crippen molar-refractivity contribution < 1.29 is 4.79 Å². The Labute approximate surface area is 118 Å². The van der Waals surface area contributed by atoms with Gasteiger partial charge in [-0.2, -0.15) is 0 Å². The number of halogens is 1.